The van der Waals surface area contributed by atoms with Gasteiger partial charge in [0.25, 0.3) is 0 Å². The fourth-order valence-corrected chi connectivity index (χ4v) is 1.95. The van der Waals surface area contributed by atoms with E-state index in [9.17, 15) is 9.59 Å². The topological polar surface area (TPSA) is 122 Å². The Balaban J connectivity index is 0.000000273. The zero-order valence-corrected chi connectivity index (χ0v) is 14.5. The Morgan fingerprint density at radius 2 is 1.62 bits per heavy atom. The highest BCUT2D eigenvalue weighted by Gasteiger charge is 2.14. The van der Waals surface area contributed by atoms with Crippen molar-refractivity contribution in [3.63, 3.8) is 0 Å². The molecule has 2 aromatic rings. The molecule has 0 aliphatic rings. The van der Waals surface area contributed by atoms with Crippen LogP contribution >= 0.6 is 0 Å². The van der Waals surface area contributed by atoms with E-state index >= 15 is 0 Å². The van der Waals surface area contributed by atoms with Gasteiger partial charge < -0.3 is 26.0 Å². The average molecular weight is 360 g/mol. The standard InChI is InChI=1S/C11H16N2O2.C8H8O3/c1-15-8-10(12)11(14)13-7-9-5-3-2-4-6-9;9-7(8(10)11)6-4-2-1-3-5-6/h2-6,10H,7-8,12H2,1H3,(H,13,14);1-5,7,9H,(H,10,11)/t10-;/m1./s1. The molecule has 0 heterocycles. The predicted octanol–water partition coefficient (Wildman–Crippen LogP) is 1.08. The molecule has 0 bridgehead atoms. The summed E-state index contributed by atoms with van der Waals surface area (Å²) in [5, 5.41) is 20.1. The Bertz CT molecular complexity index is 664. The van der Waals surface area contributed by atoms with Crippen molar-refractivity contribution in [1.29, 1.82) is 0 Å². The smallest absolute Gasteiger partial charge is 0.337 e. The van der Waals surface area contributed by atoms with E-state index in [0.29, 0.717) is 12.1 Å². The summed E-state index contributed by atoms with van der Waals surface area (Å²) in [4.78, 5) is 21.6. The SMILES string of the molecule is COC[C@@H](N)C(=O)NCc1ccccc1.O=C(O)C(O)c1ccccc1. The molecule has 2 aromatic carbocycles. The van der Waals surface area contributed by atoms with Gasteiger partial charge in [0.2, 0.25) is 5.91 Å². The monoisotopic (exact) mass is 360 g/mol. The second kappa shape index (κ2) is 11.8. The minimum atomic E-state index is -1.41. The number of amides is 1. The molecule has 0 aromatic heterocycles. The molecule has 0 saturated heterocycles. The van der Waals surface area contributed by atoms with Crippen molar-refractivity contribution in [2.75, 3.05) is 13.7 Å². The summed E-state index contributed by atoms with van der Waals surface area (Å²) < 4.78 is 4.79. The van der Waals surface area contributed by atoms with Crippen LogP contribution in [0, 0.1) is 0 Å². The van der Waals surface area contributed by atoms with Crippen LogP contribution in [0.3, 0.4) is 0 Å². The number of nitrogens with one attached hydrogen (secondary N) is 1. The van der Waals surface area contributed by atoms with Gasteiger partial charge in [0.05, 0.1) is 6.61 Å². The molecule has 0 aliphatic heterocycles. The number of nitrogens with two attached hydrogens (primary N) is 1. The van der Waals surface area contributed by atoms with Gasteiger partial charge in [0.1, 0.15) is 6.04 Å². The number of aliphatic hydroxyl groups is 1. The van der Waals surface area contributed by atoms with Gasteiger partial charge in [-0.05, 0) is 11.1 Å². The van der Waals surface area contributed by atoms with Crippen LogP contribution < -0.4 is 11.1 Å². The van der Waals surface area contributed by atoms with E-state index in [1.54, 1.807) is 30.3 Å². The molecule has 7 nitrogen and oxygen atoms in total. The van der Waals surface area contributed by atoms with Crippen LogP contribution in [-0.2, 0) is 20.9 Å². The number of aliphatic hydroxyl groups excluding tert-OH is 1. The number of carboxylic acids is 1. The Morgan fingerprint density at radius 3 is 2.12 bits per heavy atom. The summed E-state index contributed by atoms with van der Waals surface area (Å²) in [7, 11) is 1.52. The van der Waals surface area contributed by atoms with Gasteiger partial charge in [-0.3, -0.25) is 4.79 Å². The molecule has 140 valence electrons. The highest BCUT2D eigenvalue weighted by atomic mass is 16.5. The third-order valence-corrected chi connectivity index (χ3v) is 3.34. The van der Waals surface area contributed by atoms with E-state index in [4.69, 9.17) is 20.7 Å². The molecular weight excluding hydrogens is 336 g/mol. The van der Waals surface area contributed by atoms with Crippen molar-refractivity contribution < 1.29 is 24.5 Å². The summed E-state index contributed by atoms with van der Waals surface area (Å²) in [6.07, 6.45) is -1.41. The number of methoxy groups -OCH3 is 1. The summed E-state index contributed by atoms with van der Waals surface area (Å²) >= 11 is 0. The maximum Gasteiger partial charge on any atom is 0.337 e. The molecule has 0 radical (unpaired) electrons. The molecule has 2 rings (SSSR count). The minimum absolute atomic E-state index is 0.194. The number of hydrogen-bond donors (Lipinski definition) is 4. The number of carbonyl (C=O) groups is 2. The van der Waals surface area contributed by atoms with Crippen LogP contribution in [0.5, 0.6) is 0 Å². The van der Waals surface area contributed by atoms with Crippen LogP contribution in [0.1, 0.15) is 17.2 Å². The summed E-state index contributed by atoms with van der Waals surface area (Å²) in [6, 6.07) is 17.3. The number of hydrogen-bond acceptors (Lipinski definition) is 5. The lowest BCUT2D eigenvalue weighted by atomic mass is 10.1. The number of benzene rings is 2. The van der Waals surface area contributed by atoms with E-state index < -0.39 is 18.1 Å². The molecule has 0 saturated carbocycles. The van der Waals surface area contributed by atoms with Gasteiger partial charge in [-0.15, -0.1) is 0 Å². The summed E-state index contributed by atoms with van der Waals surface area (Å²) in [6.45, 7) is 0.734. The van der Waals surface area contributed by atoms with Crippen LogP contribution in [-0.4, -0.2) is 41.8 Å². The molecule has 2 atom stereocenters. The van der Waals surface area contributed by atoms with Crippen molar-refractivity contribution in [2.24, 2.45) is 5.73 Å². The molecule has 26 heavy (non-hydrogen) atoms. The number of carboxylic acid groups (broad SMARTS) is 1. The van der Waals surface area contributed by atoms with Crippen molar-refractivity contribution in [2.45, 2.75) is 18.7 Å². The van der Waals surface area contributed by atoms with Crippen molar-refractivity contribution in [1.82, 2.24) is 5.32 Å². The van der Waals surface area contributed by atoms with Crippen LogP contribution in [0.2, 0.25) is 0 Å². The fraction of sp³-hybridized carbons (Fsp3) is 0.263. The molecule has 1 amide bonds. The number of ether oxygens (including phenoxy) is 1. The zero-order valence-electron chi connectivity index (χ0n) is 14.5. The quantitative estimate of drug-likeness (QED) is 0.586. The van der Waals surface area contributed by atoms with Gasteiger partial charge in [-0.1, -0.05) is 60.7 Å². The van der Waals surface area contributed by atoms with Gasteiger partial charge in [-0.2, -0.15) is 0 Å². The first kappa shape index (κ1) is 21.3. The van der Waals surface area contributed by atoms with Crippen molar-refractivity contribution in [3.05, 3.63) is 71.8 Å². The summed E-state index contributed by atoms with van der Waals surface area (Å²) in [5.41, 5.74) is 7.01. The molecule has 5 N–H and O–H groups in total. The molecule has 0 aliphatic carbocycles. The second-order valence-electron chi connectivity index (χ2n) is 5.42. The van der Waals surface area contributed by atoms with Gasteiger partial charge in [0, 0.05) is 13.7 Å². The van der Waals surface area contributed by atoms with E-state index in [2.05, 4.69) is 5.32 Å². The van der Waals surface area contributed by atoms with E-state index in [1.807, 2.05) is 30.3 Å². The third-order valence-electron chi connectivity index (χ3n) is 3.34. The maximum absolute atomic E-state index is 11.4. The Hall–Kier alpha value is -2.74. The van der Waals surface area contributed by atoms with E-state index in [0.717, 1.165) is 5.56 Å². The Morgan fingerprint density at radius 1 is 1.08 bits per heavy atom. The molecule has 0 spiro atoms. The first-order chi connectivity index (χ1) is 12.5. The largest absolute Gasteiger partial charge is 0.479 e. The Kier molecular flexibility index (Phi) is 9.63. The van der Waals surface area contributed by atoms with E-state index in [-0.39, 0.29) is 12.5 Å². The van der Waals surface area contributed by atoms with Gasteiger partial charge >= 0.3 is 5.97 Å². The van der Waals surface area contributed by atoms with Gasteiger partial charge in [-0.25, -0.2) is 4.79 Å². The zero-order chi connectivity index (χ0) is 19.4. The lowest BCUT2D eigenvalue weighted by Crippen LogP contribution is -2.43. The number of rotatable bonds is 7. The van der Waals surface area contributed by atoms with Crippen molar-refractivity contribution >= 4 is 11.9 Å². The molecule has 1 unspecified atom stereocenters. The predicted molar refractivity (Wildman–Crippen MR) is 97.2 cm³/mol. The number of carbonyl (C=O) groups excluding carboxylic acids is 1. The average Bonchev–Trinajstić information content (AvgIpc) is 2.67. The van der Waals surface area contributed by atoms with Gasteiger partial charge in [0.15, 0.2) is 6.10 Å². The van der Waals surface area contributed by atoms with Crippen molar-refractivity contribution in [3.8, 4) is 0 Å². The van der Waals surface area contributed by atoms with Crippen LogP contribution in [0.25, 0.3) is 0 Å². The molecular formula is C19H24N2O5. The lowest BCUT2D eigenvalue weighted by molar-refractivity contribution is -0.147. The van der Waals surface area contributed by atoms with Crippen LogP contribution in [0.4, 0.5) is 0 Å². The minimum Gasteiger partial charge on any atom is -0.479 e. The van der Waals surface area contributed by atoms with Crippen LogP contribution in [0.15, 0.2) is 60.7 Å². The normalized spacial score (nSPS) is 12.3. The lowest BCUT2D eigenvalue weighted by Gasteiger charge is -2.10. The second-order valence-corrected chi connectivity index (χ2v) is 5.42. The van der Waals surface area contributed by atoms with E-state index in [1.165, 1.54) is 7.11 Å². The first-order valence-electron chi connectivity index (χ1n) is 7.97. The fourth-order valence-electron chi connectivity index (χ4n) is 1.95. The maximum atomic E-state index is 11.4. The molecule has 7 heteroatoms. The number of aliphatic carboxylic acids is 1. The Labute approximate surface area is 152 Å². The highest BCUT2D eigenvalue weighted by molar-refractivity contribution is 5.81. The third kappa shape index (κ3) is 7.89. The highest BCUT2D eigenvalue weighted by Crippen LogP contribution is 2.10. The first-order valence-corrected chi connectivity index (χ1v) is 7.97. The molecule has 0 fully saturated rings. The summed E-state index contributed by atoms with van der Waals surface area (Å²) in [5.74, 6) is -1.42.